The number of nitrogens with one attached hydrogen (secondary N) is 1. The van der Waals surface area contributed by atoms with Crippen LogP contribution in [0.4, 0.5) is 0 Å². The van der Waals surface area contributed by atoms with Gasteiger partial charge in [0.2, 0.25) is 0 Å². The van der Waals surface area contributed by atoms with Crippen molar-refractivity contribution >= 4 is 11.8 Å². The molecule has 2 saturated heterocycles. The van der Waals surface area contributed by atoms with Crippen LogP contribution >= 0.6 is 11.8 Å². The van der Waals surface area contributed by atoms with Crippen molar-refractivity contribution in [2.75, 3.05) is 38.5 Å². The van der Waals surface area contributed by atoms with Gasteiger partial charge in [0.15, 0.2) is 0 Å². The summed E-state index contributed by atoms with van der Waals surface area (Å²) in [7, 11) is 0. The zero-order valence-corrected chi connectivity index (χ0v) is 10.5. The molecule has 1 N–H and O–H groups in total. The fourth-order valence-electron chi connectivity index (χ4n) is 2.50. The van der Waals surface area contributed by atoms with Crippen LogP contribution in [-0.2, 0) is 0 Å². The lowest BCUT2D eigenvalue weighted by atomic mass is 10.2. The van der Waals surface area contributed by atoms with Crippen molar-refractivity contribution < 1.29 is 0 Å². The number of hydrogen-bond acceptors (Lipinski definition) is 3. The van der Waals surface area contributed by atoms with E-state index in [9.17, 15) is 0 Å². The van der Waals surface area contributed by atoms with Gasteiger partial charge in [0.05, 0.1) is 0 Å². The summed E-state index contributed by atoms with van der Waals surface area (Å²) in [6.45, 7) is 6.46. The molecule has 2 rings (SSSR count). The van der Waals surface area contributed by atoms with Crippen LogP contribution in [0.3, 0.4) is 0 Å². The van der Waals surface area contributed by atoms with Crippen molar-refractivity contribution in [2.24, 2.45) is 0 Å². The second-order valence-electron chi connectivity index (χ2n) is 4.74. The van der Waals surface area contributed by atoms with E-state index < -0.39 is 0 Å². The van der Waals surface area contributed by atoms with E-state index in [0.29, 0.717) is 0 Å². The van der Waals surface area contributed by atoms with Gasteiger partial charge in [0, 0.05) is 11.8 Å². The SMILES string of the molecule is C1CSC(CNCCCN2CCCC2)C1. The van der Waals surface area contributed by atoms with Gasteiger partial charge in [0.1, 0.15) is 0 Å². The molecule has 0 aromatic heterocycles. The van der Waals surface area contributed by atoms with Crippen molar-refractivity contribution in [2.45, 2.75) is 37.4 Å². The lowest BCUT2D eigenvalue weighted by molar-refractivity contribution is 0.331. The van der Waals surface area contributed by atoms with Crippen LogP contribution in [0, 0.1) is 0 Å². The summed E-state index contributed by atoms with van der Waals surface area (Å²) in [6.07, 6.45) is 7.05. The molecule has 1 atom stereocenters. The third-order valence-corrected chi connectivity index (χ3v) is 4.82. The van der Waals surface area contributed by atoms with Gasteiger partial charge in [-0.15, -0.1) is 0 Å². The van der Waals surface area contributed by atoms with E-state index >= 15 is 0 Å². The normalized spacial score (nSPS) is 27.6. The molecule has 0 spiro atoms. The molecule has 88 valence electrons. The summed E-state index contributed by atoms with van der Waals surface area (Å²) in [5, 5.41) is 4.52. The monoisotopic (exact) mass is 228 g/mol. The molecule has 1 unspecified atom stereocenters. The Labute approximate surface area is 98.2 Å². The second kappa shape index (κ2) is 6.77. The van der Waals surface area contributed by atoms with Crippen molar-refractivity contribution in [1.82, 2.24) is 10.2 Å². The molecule has 0 radical (unpaired) electrons. The number of rotatable bonds is 6. The van der Waals surface area contributed by atoms with E-state index in [1.165, 1.54) is 70.6 Å². The van der Waals surface area contributed by atoms with Crippen LogP contribution in [0.25, 0.3) is 0 Å². The number of likely N-dealkylation sites (tertiary alicyclic amines) is 1. The van der Waals surface area contributed by atoms with E-state index in [0.717, 1.165) is 5.25 Å². The predicted octanol–water partition coefficient (Wildman–Crippen LogP) is 1.96. The number of hydrogen-bond donors (Lipinski definition) is 1. The van der Waals surface area contributed by atoms with Crippen molar-refractivity contribution in [3.63, 3.8) is 0 Å². The van der Waals surface area contributed by atoms with Crippen LogP contribution in [0.15, 0.2) is 0 Å². The second-order valence-corrected chi connectivity index (χ2v) is 6.15. The van der Waals surface area contributed by atoms with Crippen LogP contribution in [0.2, 0.25) is 0 Å². The Hall–Kier alpha value is 0.270. The zero-order valence-electron chi connectivity index (χ0n) is 9.71. The highest BCUT2D eigenvalue weighted by Gasteiger charge is 2.14. The standard InChI is InChI=1S/C12H24N2S/c1-2-8-14(7-1)9-4-6-13-11-12-5-3-10-15-12/h12-13H,1-11H2. The number of thioether (sulfide) groups is 1. The molecule has 15 heavy (non-hydrogen) atoms. The summed E-state index contributed by atoms with van der Waals surface area (Å²) in [5.41, 5.74) is 0. The first-order valence-electron chi connectivity index (χ1n) is 6.50. The maximum atomic E-state index is 3.60. The third kappa shape index (κ3) is 4.33. The average Bonchev–Trinajstić information content (AvgIpc) is 2.88. The molecule has 2 aliphatic rings. The summed E-state index contributed by atoms with van der Waals surface area (Å²) in [6, 6.07) is 0. The highest BCUT2D eigenvalue weighted by Crippen LogP contribution is 2.25. The van der Waals surface area contributed by atoms with E-state index in [-0.39, 0.29) is 0 Å². The molecule has 0 saturated carbocycles. The minimum atomic E-state index is 0.914. The Morgan fingerprint density at radius 1 is 1.20 bits per heavy atom. The fraction of sp³-hybridized carbons (Fsp3) is 1.00. The van der Waals surface area contributed by atoms with Crippen LogP contribution < -0.4 is 5.32 Å². The Bertz CT molecular complexity index is 145. The molecule has 0 aliphatic carbocycles. The summed E-state index contributed by atoms with van der Waals surface area (Å²) >= 11 is 2.15. The van der Waals surface area contributed by atoms with Gasteiger partial charge in [-0.25, -0.2) is 0 Å². The fourth-order valence-corrected chi connectivity index (χ4v) is 3.74. The van der Waals surface area contributed by atoms with E-state index in [1.807, 2.05) is 0 Å². The van der Waals surface area contributed by atoms with Crippen molar-refractivity contribution in [1.29, 1.82) is 0 Å². The van der Waals surface area contributed by atoms with Gasteiger partial charge < -0.3 is 10.2 Å². The van der Waals surface area contributed by atoms with Gasteiger partial charge in [0.25, 0.3) is 0 Å². The molecule has 0 amide bonds. The lowest BCUT2D eigenvalue weighted by Crippen LogP contribution is -2.28. The van der Waals surface area contributed by atoms with Gasteiger partial charge in [-0.3, -0.25) is 0 Å². The maximum absolute atomic E-state index is 3.60. The largest absolute Gasteiger partial charge is 0.316 e. The van der Waals surface area contributed by atoms with Gasteiger partial charge >= 0.3 is 0 Å². The van der Waals surface area contributed by atoms with E-state index in [4.69, 9.17) is 0 Å². The molecule has 2 heterocycles. The predicted molar refractivity (Wildman–Crippen MR) is 68.6 cm³/mol. The van der Waals surface area contributed by atoms with Crippen molar-refractivity contribution in [3.8, 4) is 0 Å². The lowest BCUT2D eigenvalue weighted by Gasteiger charge is -2.15. The molecule has 0 bridgehead atoms. The zero-order chi connectivity index (χ0) is 10.3. The Morgan fingerprint density at radius 3 is 2.80 bits per heavy atom. The van der Waals surface area contributed by atoms with Gasteiger partial charge in [-0.2, -0.15) is 11.8 Å². The quantitative estimate of drug-likeness (QED) is 0.700. The smallest absolute Gasteiger partial charge is 0.0172 e. The van der Waals surface area contributed by atoms with E-state index in [1.54, 1.807) is 0 Å². The maximum Gasteiger partial charge on any atom is 0.0172 e. The first-order valence-corrected chi connectivity index (χ1v) is 7.55. The van der Waals surface area contributed by atoms with Crippen LogP contribution in [-0.4, -0.2) is 48.6 Å². The molecular weight excluding hydrogens is 204 g/mol. The molecule has 2 nitrogen and oxygen atoms in total. The average molecular weight is 228 g/mol. The van der Waals surface area contributed by atoms with Gasteiger partial charge in [-0.05, 0) is 64.0 Å². The topological polar surface area (TPSA) is 15.3 Å². The summed E-state index contributed by atoms with van der Waals surface area (Å²) in [5.74, 6) is 1.39. The first kappa shape index (κ1) is 11.7. The molecule has 3 heteroatoms. The molecule has 0 aromatic carbocycles. The molecule has 0 aromatic rings. The molecule has 2 aliphatic heterocycles. The summed E-state index contributed by atoms with van der Waals surface area (Å²) in [4.78, 5) is 2.60. The van der Waals surface area contributed by atoms with Crippen LogP contribution in [0.5, 0.6) is 0 Å². The first-order chi connectivity index (χ1) is 7.45. The van der Waals surface area contributed by atoms with Crippen LogP contribution in [0.1, 0.15) is 32.1 Å². The minimum Gasteiger partial charge on any atom is -0.316 e. The van der Waals surface area contributed by atoms with E-state index in [2.05, 4.69) is 22.0 Å². The Morgan fingerprint density at radius 2 is 2.07 bits per heavy atom. The summed E-state index contributed by atoms with van der Waals surface area (Å²) < 4.78 is 0. The van der Waals surface area contributed by atoms with Gasteiger partial charge in [-0.1, -0.05) is 0 Å². The third-order valence-electron chi connectivity index (χ3n) is 3.42. The highest BCUT2D eigenvalue weighted by molar-refractivity contribution is 8.00. The highest BCUT2D eigenvalue weighted by atomic mass is 32.2. The molecular formula is C12H24N2S. The number of nitrogens with zero attached hydrogens (tertiary/aromatic N) is 1. The Balaban J connectivity index is 1.41. The Kier molecular flexibility index (Phi) is 5.30. The molecule has 2 fully saturated rings. The van der Waals surface area contributed by atoms with Crippen molar-refractivity contribution in [3.05, 3.63) is 0 Å². The minimum absolute atomic E-state index is 0.914.